The molecule has 15 aliphatic carbocycles. The van der Waals surface area contributed by atoms with Gasteiger partial charge >= 0.3 is 41.5 Å². The van der Waals surface area contributed by atoms with Crippen LogP contribution in [0.3, 0.4) is 0 Å². The van der Waals surface area contributed by atoms with Gasteiger partial charge in [0.2, 0.25) is 0 Å². The molecule has 1 saturated heterocycles. The molecule has 0 bridgehead atoms. The average molecular weight is 1460 g/mol. The second-order valence-corrected chi connectivity index (χ2v) is 44.7. The van der Waals surface area contributed by atoms with E-state index < -0.39 is 22.8 Å². The Morgan fingerprint density at radius 3 is 1.10 bits per heavy atom. The van der Waals surface area contributed by atoms with E-state index in [0.29, 0.717) is 93.7 Å². The molecule has 0 aromatic carbocycles. The molecule has 16 aliphatic rings. The molecule has 587 valence electrons. The molecule has 3 radical (unpaired) electrons. The SMILES string of the molecule is C1CCOC1.C=C(C)[C@@H]1CC[C@]2(C(=O)O)CC[C@]3(C)C(CCC4[C@@]5(C)CCC(=O)C(C)(C)C5CC[C@]43C)C12.C=C(C)[C@@H]1CC[C@]2(C(=O)O)CC[C@]3(C)C(CCC4[C@@]5(C)CC[C@H](O)C(C)(C)C5CC[C@]43C)C12.C=C(C)[C@@H]1CC[C@]2(CO)CC[C@]3(C)C(CCC4[C@@]5(C)CC[C@H](O)C(C)(C)C5CC[C@]43C)C12.[B].[H-].[Na+]. The number of rotatable bonds is 6. The van der Waals surface area contributed by atoms with Crippen molar-refractivity contribution in [3.8, 4) is 0 Å². The van der Waals surface area contributed by atoms with Crippen LogP contribution in [-0.4, -0.2) is 83.7 Å². The van der Waals surface area contributed by atoms with Crippen LogP contribution in [0.4, 0.5) is 0 Å². The average Bonchev–Trinajstić information content (AvgIpc) is 0.871. The summed E-state index contributed by atoms with van der Waals surface area (Å²) in [4.78, 5) is 38.4. The molecule has 12 unspecified atom stereocenters. The zero-order valence-corrected chi connectivity index (χ0v) is 72.6. The van der Waals surface area contributed by atoms with Gasteiger partial charge in [0.1, 0.15) is 5.78 Å². The molecule has 11 heteroatoms. The molecular formula is C94H153BNaO9. The van der Waals surface area contributed by atoms with Gasteiger partial charge in [-0.3, -0.25) is 14.4 Å². The fourth-order valence-corrected chi connectivity index (χ4v) is 34.9. The van der Waals surface area contributed by atoms with Crippen molar-refractivity contribution in [3.05, 3.63) is 36.5 Å². The molecule has 9 nitrogen and oxygen atoms in total. The molecule has 0 aromatic heterocycles. The van der Waals surface area contributed by atoms with Crippen LogP contribution in [0.2, 0.25) is 0 Å². The summed E-state index contributed by atoms with van der Waals surface area (Å²) in [6.45, 7) is 59.1. The number of aliphatic hydroxyl groups is 3. The minimum atomic E-state index is -0.547. The molecule has 1 heterocycles. The van der Waals surface area contributed by atoms with E-state index in [2.05, 4.69) is 144 Å². The first-order chi connectivity index (χ1) is 47.9. The summed E-state index contributed by atoms with van der Waals surface area (Å²) in [5.41, 5.74) is 4.98. The number of hydrogen-bond donors (Lipinski definition) is 5. The molecule has 0 aromatic rings. The number of carboxylic acids is 2. The second-order valence-electron chi connectivity index (χ2n) is 44.7. The van der Waals surface area contributed by atoms with Crippen molar-refractivity contribution in [2.45, 2.75) is 342 Å². The van der Waals surface area contributed by atoms with Crippen molar-refractivity contribution in [1.82, 2.24) is 0 Å². The van der Waals surface area contributed by atoms with Crippen molar-refractivity contribution in [2.75, 3.05) is 19.8 Å². The fraction of sp³-hybridized carbons (Fsp3) is 0.904. The van der Waals surface area contributed by atoms with Crippen molar-refractivity contribution in [1.29, 1.82) is 0 Å². The van der Waals surface area contributed by atoms with Crippen LogP contribution in [0.15, 0.2) is 36.5 Å². The summed E-state index contributed by atoms with van der Waals surface area (Å²) in [5.74, 6) is 7.19. The predicted octanol–water partition coefficient (Wildman–Crippen LogP) is 18.9. The number of carbonyl (C=O) groups excluding carboxylic acids is 1. The summed E-state index contributed by atoms with van der Waals surface area (Å²) >= 11 is 0. The molecule has 29 atom stereocenters. The number of fused-ring (bicyclic) bond motifs is 21. The zero-order chi connectivity index (χ0) is 75.2. The number of Topliss-reactive ketones (excluding diaryl/α,β-unsaturated/α-hetero) is 1. The van der Waals surface area contributed by atoms with Crippen molar-refractivity contribution in [3.63, 3.8) is 0 Å². The minimum Gasteiger partial charge on any atom is -1.00 e. The van der Waals surface area contributed by atoms with Gasteiger partial charge in [0.25, 0.3) is 0 Å². The Kier molecular flexibility index (Phi) is 22.8. The number of aliphatic carboxylic acids is 2. The summed E-state index contributed by atoms with van der Waals surface area (Å²) in [5, 5.41) is 53.4. The van der Waals surface area contributed by atoms with Crippen LogP contribution in [0.25, 0.3) is 0 Å². The van der Waals surface area contributed by atoms with E-state index in [4.69, 9.17) is 4.74 Å². The van der Waals surface area contributed by atoms with Gasteiger partial charge in [-0.05, 0) is 374 Å². The summed E-state index contributed by atoms with van der Waals surface area (Å²) in [6.07, 6.45) is 35.4. The third-order valence-electron chi connectivity index (χ3n) is 41.1. The standard InChI is InChI=1S/C30H48O3.C30H46O3.C30H50O2.C4H8O.B.Na.H/c2*1-18(2)19-10-15-30(25(32)33)17-16-28(6)20(24(19)30)8-9-22-27(5)13-12-23(31)26(3,4)21(27)11-14-29(22,28)7;1-19(2)20-10-15-30(18-31)17-16-28(6)21(25(20)30)8-9-23-27(5)13-12-24(32)26(3,4)22(27)11-14-29(23,28)7;1-2-4-5-3-1;;;/h19-24,31H,1,8-17H2,2-7H3,(H,32,33);19-22,24H,1,8-17H2,2-7H3,(H,32,33);20-25,31-32H,1,8-18H2,2-7H3;1-4H2;;;/q;;;;;+1;-1/t19-,20?,21?,22?,23-,24?,27-,28+,29+,30-;19-,20?,21?,22?,24?,27-,28+,29+,30-;20-,21?,22?,23?,24-,25?,27-,28+,29+,30+;;;;/m000..../s1. The van der Waals surface area contributed by atoms with Crippen LogP contribution < -0.4 is 29.6 Å². The van der Waals surface area contributed by atoms with Gasteiger partial charge in [-0.1, -0.05) is 140 Å². The number of aliphatic hydroxyl groups excluding tert-OH is 3. The Bertz CT molecular complexity index is 3320. The van der Waals surface area contributed by atoms with Crippen LogP contribution in [-0.2, 0) is 19.1 Å². The second kappa shape index (κ2) is 28.3. The normalized spacial score (nSPS) is 52.2. The zero-order valence-electron chi connectivity index (χ0n) is 71.6. The van der Waals surface area contributed by atoms with E-state index >= 15 is 0 Å². The molecule has 1 aliphatic heterocycles. The summed E-state index contributed by atoms with van der Waals surface area (Å²) < 4.78 is 4.94. The van der Waals surface area contributed by atoms with Gasteiger partial charge in [0.15, 0.2) is 0 Å². The van der Waals surface area contributed by atoms with Gasteiger partial charge in [-0.2, -0.15) is 0 Å². The summed E-state index contributed by atoms with van der Waals surface area (Å²) in [6, 6.07) is 0. The molecule has 16 fully saturated rings. The third-order valence-corrected chi connectivity index (χ3v) is 41.1. The van der Waals surface area contributed by atoms with Crippen LogP contribution >= 0.6 is 0 Å². The van der Waals surface area contributed by atoms with E-state index in [1.165, 1.54) is 126 Å². The largest absolute Gasteiger partial charge is 1.00 e. The first kappa shape index (κ1) is 84.6. The van der Waals surface area contributed by atoms with Crippen LogP contribution in [0.1, 0.15) is 332 Å². The molecule has 105 heavy (non-hydrogen) atoms. The number of hydrogen-bond acceptors (Lipinski definition) is 7. The first-order valence-corrected chi connectivity index (χ1v) is 43.4. The molecule has 0 amide bonds. The van der Waals surface area contributed by atoms with E-state index in [0.717, 1.165) is 121 Å². The van der Waals surface area contributed by atoms with E-state index in [1.807, 2.05) is 0 Å². The van der Waals surface area contributed by atoms with Crippen molar-refractivity contribution < 1.29 is 75.6 Å². The number of carboxylic acid groups (broad SMARTS) is 2. The van der Waals surface area contributed by atoms with Gasteiger partial charge in [0, 0.05) is 40.1 Å². The van der Waals surface area contributed by atoms with Gasteiger partial charge in [-0.25, -0.2) is 0 Å². The van der Waals surface area contributed by atoms with E-state index in [1.54, 1.807) is 0 Å². The fourth-order valence-electron chi connectivity index (χ4n) is 34.9. The Balaban J connectivity index is 0.000000162. The maximum atomic E-state index is 12.9. The predicted molar refractivity (Wildman–Crippen MR) is 423 cm³/mol. The molecule has 15 saturated carbocycles. The van der Waals surface area contributed by atoms with E-state index in [9.17, 15) is 39.9 Å². The minimum absolute atomic E-state index is 0. The Labute approximate surface area is 665 Å². The first-order valence-electron chi connectivity index (χ1n) is 43.4. The quantitative estimate of drug-likeness (QED) is 0.129. The van der Waals surface area contributed by atoms with Gasteiger partial charge in [-0.15, -0.1) is 0 Å². The summed E-state index contributed by atoms with van der Waals surface area (Å²) in [7, 11) is 0. The third kappa shape index (κ3) is 11.8. The van der Waals surface area contributed by atoms with Crippen molar-refractivity contribution >= 4 is 26.1 Å². The Morgan fingerprint density at radius 1 is 0.410 bits per heavy atom. The maximum Gasteiger partial charge on any atom is 1.00 e. The molecular weight excluding hydrogens is 1310 g/mol. The van der Waals surface area contributed by atoms with Gasteiger partial charge < -0.3 is 31.7 Å². The Morgan fingerprint density at radius 2 is 0.752 bits per heavy atom. The molecule has 5 N–H and O–H groups in total. The molecule has 0 spiro atoms. The number of ketones is 1. The smallest absolute Gasteiger partial charge is 1.00 e. The monoisotopic (exact) mass is 1460 g/mol. The maximum absolute atomic E-state index is 12.9. The number of ether oxygens (including phenoxy) is 1. The van der Waals surface area contributed by atoms with Crippen LogP contribution in [0, 0.1) is 170 Å². The Hall–Kier alpha value is -1.27. The topological polar surface area (TPSA) is 162 Å². The van der Waals surface area contributed by atoms with E-state index in [-0.39, 0.29) is 118 Å². The van der Waals surface area contributed by atoms with Crippen LogP contribution in [0.5, 0.6) is 0 Å². The van der Waals surface area contributed by atoms with Crippen molar-refractivity contribution in [2.24, 2.45) is 170 Å². The van der Waals surface area contributed by atoms with Gasteiger partial charge in [0.05, 0.1) is 23.0 Å². The number of carbonyl (C=O) groups is 3. The molecule has 16 rings (SSSR count). The number of allylic oxidation sites excluding steroid dienone is 3.